The third kappa shape index (κ3) is 2.05. The highest BCUT2D eigenvalue weighted by Crippen LogP contribution is 2.30. The largest absolute Gasteiger partial charge is 0.434 e. The Balaban J connectivity index is 2.18. The summed E-state index contributed by atoms with van der Waals surface area (Å²) in [5.41, 5.74) is 10.2. The van der Waals surface area contributed by atoms with E-state index >= 15 is 0 Å². The highest BCUT2D eigenvalue weighted by Gasteiger charge is 2.12. The van der Waals surface area contributed by atoms with Gasteiger partial charge in [-0.05, 0) is 35.7 Å². The maximum Gasteiger partial charge on any atom is 0.227 e. The molecule has 4 nitrogen and oxygen atoms in total. The number of nitrogens with zero attached hydrogens (tertiary/aromatic N) is 2. The number of benzene rings is 1. The fourth-order valence-corrected chi connectivity index (χ4v) is 2.03. The molecule has 0 spiro atoms. The van der Waals surface area contributed by atoms with Crippen LogP contribution < -0.4 is 5.73 Å². The van der Waals surface area contributed by atoms with E-state index in [1.165, 1.54) is 5.56 Å². The SMILES string of the molecule is CC(C)c1cc(N)c2oc(-c3ccncc3)nc2c1. The molecule has 0 unspecified atom stereocenters. The van der Waals surface area contributed by atoms with Crippen molar-refractivity contribution in [3.63, 3.8) is 0 Å². The zero-order valence-corrected chi connectivity index (χ0v) is 10.9. The van der Waals surface area contributed by atoms with Crippen LogP contribution in [-0.2, 0) is 0 Å². The second kappa shape index (κ2) is 4.39. The van der Waals surface area contributed by atoms with Crippen molar-refractivity contribution in [1.29, 1.82) is 0 Å². The minimum absolute atomic E-state index is 0.410. The van der Waals surface area contributed by atoms with E-state index in [0.29, 0.717) is 23.1 Å². The quantitative estimate of drug-likeness (QED) is 0.709. The Kier molecular flexibility index (Phi) is 2.71. The summed E-state index contributed by atoms with van der Waals surface area (Å²) >= 11 is 0. The summed E-state index contributed by atoms with van der Waals surface area (Å²) in [4.78, 5) is 8.50. The van der Waals surface area contributed by atoms with Crippen molar-refractivity contribution in [3.8, 4) is 11.5 Å². The first-order valence-corrected chi connectivity index (χ1v) is 6.25. The number of oxazole rings is 1. The molecule has 0 saturated carbocycles. The summed E-state index contributed by atoms with van der Waals surface area (Å²) in [6.45, 7) is 4.26. The van der Waals surface area contributed by atoms with Crippen LogP contribution in [0.15, 0.2) is 41.1 Å². The minimum Gasteiger partial charge on any atom is -0.434 e. The molecule has 19 heavy (non-hydrogen) atoms. The Morgan fingerprint density at radius 1 is 1.16 bits per heavy atom. The van der Waals surface area contributed by atoms with Crippen LogP contribution in [0, 0.1) is 0 Å². The van der Waals surface area contributed by atoms with Gasteiger partial charge in [-0.25, -0.2) is 4.98 Å². The number of hydrogen-bond donors (Lipinski definition) is 1. The lowest BCUT2D eigenvalue weighted by Gasteiger charge is -2.05. The molecule has 2 heterocycles. The van der Waals surface area contributed by atoms with Crippen LogP contribution in [0.5, 0.6) is 0 Å². The van der Waals surface area contributed by atoms with E-state index in [4.69, 9.17) is 10.2 Å². The molecule has 0 saturated heterocycles. The van der Waals surface area contributed by atoms with E-state index in [1.54, 1.807) is 12.4 Å². The summed E-state index contributed by atoms with van der Waals surface area (Å²) in [5.74, 6) is 0.984. The van der Waals surface area contributed by atoms with Crippen molar-refractivity contribution in [2.24, 2.45) is 0 Å². The first-order valence-electron chi connectivity index (χ1n) is 6.25. The van der Waals surface area contributed by atoms with E-state index in [9.17, 15) is 0 Å². The van der Waals surface area contributed by atoms with Crippen molar-refractivity contribution >= 4 is 16.8 Å². The zero-order chi connectivity index (χ0) is 13.4. The van der Waals surface area contributed by atoms with E-state index in [-0.39, 0.29) is 0 Å². The Morgan fingerprint density at radius 2 is 1.89 bits per heavy atom. The number of pyridine rings is 1. The first-order chi connectivity index (χ1) is 9.15. The first kappa shape index (κ1) is 11.7. The summed E-state index contributed by atoms with van der Waals surface area (Å²) < 4.78 is 5.76. The lowest BCUT2D eigenvalue weighted by Crippen LogP contribution is -1.92. The fourth-order valence-electron chi connectivity index (χ4n) is 2.03. The third-order valence-electron chi connectivity index (χ3n) is 3.14. The summed E-state index contributed by atoms with van der Waals surface area (Å²) in [6, 6.07) is 7.72. The predicted molar refractivity (Wildman–Crippen MR) is 75.7 cm³/mol. The average Bonchev–Trinajstić information content (AvgIpc) is 2.84. The second-order valence-electron chi connectivity index (χ2n) is 4.87. The molecule has 96 valence electrons. The zero-order valence-electron chi connectivity index (χ0n) is 10.9. The number of anilines is 1. The molecular formula is C15H15N3O. The normalized spacial score (nSPS) is 11.3. The standard InChI is InChI=1S/C15H15N3O/c1-9(2)11-7-12(16)14-13(8-11)18-15(19-14)10-3-5-17-6-4-10/h3-9H,16H2,1-2H3. The van der Waals surface area contributed by atoms with Crippen LogP contribution in [-0.4, -0.2) is 9.97 Å². The molecule has 0 atom stereocenters. The molecule has 0 fully saturated rings. The Labute approximate surface area is 111 Å². The van der Waals surface area contributed by atoms with Crippen LogP contribution in [0.2, 0.25) is 0 Å². The van der Waals surface area contributed by atoms with E-state index in [2.05, 4.69) is 23.8 Å². The van der Waals surface area contributed by atoms with E-state index in [0.717, 1.165) is 11.1 Å². The van der Waals surface area contributed by atoms with Crippen LogP contribution in [0.3, 0.4) is 0 Å². The van der Waals surface area contributed by atoms with Gasteiger partial charge < -0.3 is 10.2 Å². The molecule has 2 N–H and O–H groups in total. The highest BCUT2D eigenvalue weighted by atomic mass is 16.3. The van der Waals surface area contributed by atoms with E-state index in [1.807, 2.05) is 24.3 Å². The van der Waals surface area contributed by atoms with Gasteiger partial charge in [0.05, 0.1) is 5.69 Å². The van der Waals surface area contributed by atoms with Crippen molar-refractivity contribution < 1.29 is 4.42 Å². The second-order valence-corrected chi connectivity index (χ2v) is 4.87. The molecular weight excluding hydrogens is 238 g/mol. The van der Waals surface area contributed by atoms with Crippen molar-refractivity contribution in [3.05, 3.63) is 42.2 Å². The molecule has 3 rings (SSSR count). The molecule has 0 bridgehead atoms. The van der Waals surface area contributed by atoms with Crippen LogP contribution in [0.4, 0.5) is 5.69 Å². The monoisotopic (exact) mass is 253 g/mol. The van der Waals surface area contributed by atoms with Gasteiger partial charge in [-0.2, -0.15) is 0 Å². The number of nitrogen functional groups attached to an aromatic ring is 1. The Hall–Kier alpha value is -2.36. The van der Waals surface area contributed by atoms with Gasteiger partial charge in [-0.1, -0.05) is 13.8 Å². The van der Waals surface area contributed by atoms with Crippen LogP contribution in [0.25, 0.3) is 22.6 Å². The number of fused-ring (bicyclic) bond motifs is 1. The fraction of sp³-hybridized carbons (Fsp3) is 0.200. The topological polar surface area (TPSA) is 64.9 Å². The maximum atomic E-state index is 6.04. The van der Waals surface area contributed by atoms with Gasteiger partial charge in [0, 0.05) is 18.0 Å². The van der Waals surface area contributed by atoms with E-state index < -0.39 is 0 Å². The van der Waals surface area contributed by atoms with Crippen molar-refractivity contribution in [2.75, 3.05) is 5.73 Å². The lowest BCUT2D eigenvalue weighted by atomic mass is 10.0. The van der Waals surface area contributed by atoms with Crippen LogP contribution >= 0.6 is 0 Å². The van der Waals surface area contributed by atoms with Crippen LogP contribution in [0.1, 0.15) is 25.3 Å². The van der Waals surface area contributed by atoms with Gasteiger partial charge in [-0.15, -0.1) is 0 Å². The molecule has 0 aliphatic rings. The van der Waals surface area contributed by atoms with Gasteiger partial charge in [0.1, 0.15) is 5.52 Å². The highest BCUT2D eigenvalue weighted by molar-refractivity contribution is 5.87. The number of rotatable bonds is 2. The maximum absolute atomic E-state index is 6.04. The molecule has 2 aromatic heterocycles. The molecule has 0 amide bonds. The van der Waals surface area contributed by atoms with Gasteiger partial charge >= 0.3 is 0 Å². The molecule has 4 heteroatoms. The average molecular weight is 253 g/mol. The summed E-state index contributed by atoms with van der Waals surface area (Å²) in [6.07, 6.45) is 3.43. The van der Waals surface area contributed by atoms with Crippen molar-refractivity contribution in [1.82, 2.24) is 9.97 Å². The molecule has 0 aliphatic heterocycles. The lowest BCUT2D eigenvalue weighted by molar-refractivity contribution is 0.621. The third-order valence-corrected chi connectivity index (χ3v) is 3.14. The number of hydrogen-bond acceptors (Lipinski definition) is 4. The molecule has 0 radical (unpaired) electrons. The Morgan fingerprint density at radius 3 is 2.58 bits per heavy atom. The van der Waals surface area contributed by atoms with Gasteiger partial charge in [0.15, 0.2) is 5.58 Å². The Bertz CT molecular complexity index is 717. The summed E-state index contributed by atoms with van der Waals surface area (Å²) in [5, 5.41) is 0. The minimum atomic E-state index is 0.410. The summed E-state index contributed by atoms with van der Waals surface area (Å²) in [7, 11) is 0. The predicted octanol–water partition coefficient (Wildman–Crippen LogP) is 3.60. The van der Waals surface area contributed by atoms with Crippen molar-refractivity contribution in [2.45, 2.75) is 19.8 Å². The van der Waals surface area contributed by atoms with Gasteiger partial charge in [-0.3, -0.25) is 4.98 Å². The van der Waals surface area contributed by atoms with Gasteiger partial charge in [0.25, 0.3) is 0 Å². The molecule has 1 aromatic carbocycles. The smallest absolute Gasteiger partial charge is 0.227 e. The molecule has 3 aromatic rings. The molecule has 0 aliphatic carbocycles. The van der Waals surface area contributed by atoms with Gasteiger partial charge in [0.2, 0.25) is 5.89 Å². The number of aromatic nitrogens is 2. The number of nitrogens with two attached hydrogens (primary N) is 1.